The molecule has 0 aliphatic carbocycles. The normalized spacial score (nSPS) is 14.9. The summed E-state index contributed by atoms with van der Waals surface area (Å²) >= 11 is 1.33. The third-order valence-corrected chi connectivity index (χ3v) is 7.88. The molecule has 0 N–H and O–H groups in total. The molecular weight excluding hydrogens is 501 g/mol. The lowest BCUT2D eigenvalue weighted by Gasteiger charge is -2.33. The average Bonchev–Trinajstić information content (AvgIpc) is 3.69. The van der Waals surface area contributed by atoms with Gasteiger partial charge in [0.1, 0.15) is 11.5 Å². The fourth-order valence-corrected chi connectivity index (χ4v) is 5.76. The second kappa shape index (κ2) is 10.5. The number of imidazole rings is 2. The van der Waals surface area contributed by atoms with E-state index in [9.17, 15) is 9.18 Å². The standard InChI is InChI=1S/C28H28FN7OS/c1-2-11-34-12-9-22(10-13-34)35-17-31-27(19-3-5-20(29)6-4-19)28(35)23-7-8-26-32-21(16-36(26)33-23)14-24(37)25-15-30-18-38-25/h3-8,15-18,22H,2,9-14H2,1H3. The Morgan fingerprint density at radius 2 is 1.95 bits per heavy atom. The highest BCUT2D eigenvalue weighted by Crippen LogP contribution is 2.35. The molecule has 1 fully saturated rings. The van der Waals surface area contributed by atoms with Crippen molar-refractivity contribution in [1.82, 2.24) is 34.0 Å². The van der Waals surface area contributed by atoms with Crippen LogP contribution in [0.2, 0.25) is 0 Å². The maximum absolute atomic E-state index is 13.7. The SMILES string of the molecule is CCCN1CCC(n2cnc(-c3ccc(F)cc3)c2-c2ccc3nc(CC(=O)c4cncs4)cn3n2)CC1. The van der Waals surface area contributed by atoms with Crippen LogP contribution in [0, 0.1) is 5.82 Å². The lowest BCUT2D eigenvalue weighted by Crippen LogP contribution is -2.35. The van der Waals surface area contributed by atoms with Crippen LogP contribution in [0.4, 0.5) is 4.39 Å². The minimum Gasteiger partial charge on any atom is -0.326 e. The molecule has 0 bridgehead atoms. The Morgan fingerprint density at radius 1 is 1.13 bits per heavy atom. The maximum Gasteiger partial charge on any atom is 0.180 e. The highest BCUT2D eigenvalue weighted by molar-refractivity contribution is 7.11. The van der Waals surface area contributed by atoms with E-state index in [-0.39, 0.29) is 18.0 Å². The van der Waals surface area contributed by atoms with Crippen molar-refractivity contribution in [3.05, 3.63) is 77.0 Å². The number of hydrogen-bond donors (Lipinski definition) is 0. The van der Waals surface area contributed by atoms with Gasteiger partial charge in [0.2, 0.25) is 0 Å². The minimum absolute atomic E-state index is 0.0118. The topological polar surface area (TPSA) is 81.2 Å². The number of fused-ring (bicyclic) bond motifs is 1. The van der Waals surface area contributed by atoms with Crippen molar-refractivity contribution in [3.63, 3.8) is 0 Å². The first kappa shape index (κ1) is 24.6. The van der Waals surface area contributed by atoms with Crippen molar-refractivity contribution in [1.29, 1.82) is 0 Å². The van der Waals surface area contributed by atoms with Crippen LogP contribution < -0.4 is 0 Å². The van der Waals surface area contributed by atoms with Crippen LogP contribution in [-0.2, 0) is 6.42 Å². The smallest absolute Gasteiger partial charge is 0.180 e. The molecule has 38 heavy (non-hydrogen) atoms. The number of aromatic nitrogens is 6. The van der Waals surface area contributed by atoms with Crippen molar-refractivity contribution in [2.45, 2.75) is 38.6 Å². The van der Waals surface area contributed by atoms with Gasteiger partial charge < -0.3 is 9.47 Å². The Labute approximate surface area is 223 Å². The lowest BCUT2D eigenvalue weighted by atomic mass is 10.0. The number of hydrogen-bond acceptors (Lipinski definition) is 7. The Hall–Kier alpha value is -3.76. The summed E-state index contributed by atoms with van der Waals surface area (Å²) in [4.78, 5) is 29.1. The second-order valence-electron chi connectivity index (χ2n) is 9.65. The average molecular weight is 530 g/mol. The number of halogens is 1. The van der Waals surface area contributed by atoms with Crippen LogP contribution in [-0.4, -0.2) is 59.5 Å². The predicted molar refractivity (Wildman–Crippen MR) is 145 cm³/mol. The van der Waals surface area contributed by atoms with Gasteiger partial charge in [0.05, 0.1) is 46.4 Å². The number of ketones is 1. The van der Waals surface area contributed by atoms with Gasteiger partial charge in [0, 0.05) is 30.9 Å². The molecular formula is C28H28FN7OS. The van der Waals surface area contributed by atoms with Crippen molar-refractivity contribution in [3.8, 4) is 22.6 Å². The molecule has 0 unspecified atom stereocenters. The number of thiazole rings is 1. The summed E-state index contributed by atoms with van der Waals surface area (Å²) in [5, 5.41) is 4.90. The molecule has 1 aliphatic heterocycles. The minimum atomic E-state index is -0.281. The first-order valence-electron chi connectivity index (χ1n) is 12.9. The van der Waals surface area contributed by atoms with E-state index in [1.54, 1.807) is 34.6 Å². The lowest BCUT2D eigenvalue weighted by molar-refractivity contribution is 0.0995. The predicted octanol–water partition coefficient (Wildman–Crippen LogP) is 5.33. The number of Topliss-reactive ketones (excluding diaryl/α,β-unsaturated/α-hetero) is 1. The number of rotatable bonds is 8. The van der Waals surface area contributed by atoms with Gasteiger partial charge in [-0.1, -0.05) is 6.92 Å². The van der Waals surface area contributed by atoms with E-state index in [4.69, 9.17) is 10.1 Å². The summed E-state index contributed by atoms with van der Waals surface area (Å²) in [6.45, 7) is 5.44. The van der Waals surface area contributed by atoms with Crippen molar-refractivity contribution in [2.24, 2.45) is 0 Å². The summed E-state index contributed by atoms with van der Waals surface area (Å²) in [7, 11) is 0. The van der Waals surface area contributed by atoms with E-state index < -0.39 is 0 Å². The molecule has 5 heterocycles. The van der Waals surface area contributed by atoms with Crippen molar-refractivity contribution >= 4 is 22.8 Å². The Balaban J connectivity index is 1.36. The molecule has 194 valence electrons. The first-order valence-corrected chi connectivity index (χ1v) is 13.8. The second-order valence-corrected chi connectivity index (χ2v) is 10.5. The largest absolute Gasteiger partial charge is 0.326 e. The molecule has 0 atom stereocenters. The fourth-order valence-electron chi connectivity index (χ4n) is 5.20. The third-order valence-electron chi connectivity index (χ3n) is 7.06. The van der Waals surface area contributed by atoms with Gasteiger partial charge in [0.15, 0.2) is 11.4 Å². The highest BCUT2D eigenvalue weighted by Gasteiger charge is 2.26. The molecule has 6 rings (SSSR count). The molecule has 4 aromatic heterocycles. The van der Waals surface area contributed by atoms with Gasteiger partial charge in [-0.3, -0.25) is 9.78 Å². The molecule has 0 spiro atoms. The zero-order valence-electron chi connectivity index (χ0n) is 21.1. The summed E-state index contributed by atoms with van der Waals surface area (Å²) < 4.78 is 17.7. The Morgan fingerprint density at radius 3 is 2.68 bits per heavy atom. The Kier molecular flexibility index (Phi) is 6.82. The number of carbonyl (C=O) groups excluding carboxylic acids is 1. The number of carbonyl (C=O) groups is 1. The van der Waals surface area contributed by atoms with E-state index in [0.717, 1.165) is 61.5 Å². The molecule has 8 nitrogen and oxygen atoms in total. The number of benzene rings is 1. The van der Waals surface area contributed by atoms with E-state index >= 15 is 0 Å². The fraction of sp³-hybridized carbons (Fsp3) is 0.321. The van der Waals surface area contributed by atoms with Crippen LogP contribution in [0.3, 0.4) is 0 Å². The molecule has 1 aliphatic rings. The van der Waals surface area contributed by atoms with Gasteiger partial charge in [-0.25, -0.2) is 18.9 Å². The molecule has 0 radical (unpaired) electrons. The molecule has 1 saturated heterocycles. The molecule has 10 heteroatoms. The van der Waals surface area contributed by atoms with Gasteiger partial charge in [-0.2, -0.15) is 5.10 Å². The summed E-state index contributed by atoms with van der Waals surface area (Å²) in [6, 6.07) is 10.6. The highest BCUT2D eigenvalue weighted by atomic mass is 32.1. The zero-order chi connectivity index (χ0) is 26.1. The number of nitrogens with zero attached hydrogens (tertiary/aromatic N) is 7. The summed E-state index contributed by atoms with van der Waals surface area (Å²) in [5.74, 6) is -0.293. The van der Waals surface area contributed by atoms with E-state index in [1.165, 1.54) is 23.5 Å². The van der Waals surface area contributed by atoms with Crippen LogP contribution in [0.15, 0.2) is 60.6 Å². The van der Waals surface area contributed by atoms with Gasteiger partial charge in [0.25, 0.3) is 0 Å². The van der Waals surface area contributed by atoms with Crippen molar-refractivity contribution in [2.75, 3.05) is 19.6 Å². The monoisotopic (exact) mass is 529 g/mol. The van der Waals surface area contributed by atoms with Crippen LogP contribution >= 0.6 is 11.3 Å². The quantitative estimate of drug-likeness (QED) is 0.253. The van der Waals surface area contributed by atoms with Gasteiger partial charge in [-0.15, -0.1) is 11.3 Å². The number of piperidine rings is 1. The van der Waals surface area contributed by atoms with Crippen molar-refractivity contribution < 1.29 is 9.18 Å². The molecule has 1 aromatic carbocycles. The van der Waals surface area contributed by atoms with E-state index in [2.05, 4.69) is 26.4 Å². The summed E-state index contributed by atoms with van der Waals surface area (Å²) in [6.07, 6.45) is 8.70. The molecule has 0 amide bonds. The van der Waals surface area contributed by atoms with Gasteiger partial charge in [-0.05, 0) is 62.2 Å². The van der Waals surface area contributed by atoms with Gasteiger partial charge >= 0.3 is 0 Å². The van der Waals surface area contributed by atoms with Crippen LogP contribution in [0.5, 0.6) is 0 Å². The molecule has 5 aromatic rings. The first-order chi connectivity index (χ1) is 18.6. The van der Waals surface area contributed by atoms with Crippen LogP contribution in [0.25, 0.3) is 28.3 Å². The zero-order valence-corrected chi connectivity index (χ0v) is 21.9. The Bertz CT molecular complexity index is 1550. The maximum atomic E-state index is 13.7. The number of likely N-dealkylation sites (tertiary alicyclic amines) is 1. The summed E-state index contributed by atoms with van der Waals surface area (Å²) in [5.41, 5.74) is 6.25. The third kappa shape index (κ3) is 4.89. The van der Waals surface area contributed by atoms with E-state index in [1.807, 2.05) is 18.5 Å². The van der Waals surface area contributed by atoms with Crippen LogP contribution in [0.1, 0.15) is 47.6 Å². The van der Waals surface area contributed by atoms with E-state index in [0.29, 0.717) is 22.3 Å². The molecule has 0 saturated carbocycles.